The molecule has 1 aliphatic rings. The van der Waals surface area contributed by atoms with Gasteiger partial charge in [0.1, 0.15) is 5.41 Å². The molecule has 2 amide bonds. The first-order chi connectivity index (χ1) is 11.5. The molecule has 24 heavy (non-hydrogen) atoms. The Balaban J connectivity index is 2.17. The molecule has 0 aliphatic heterocycles. The summed E-state index contributed by atoms with van der Waals surface area (Å²) in [7, 11) is 1.81. The molecule has 1 aromatic rings. The molecular weight excluding hydrogens is 300 g/mol. The molecule has 0 spiro atoms. The van der Waals surface area contributed by atoms with E-state index in [1.54, 1.807) is 4.90 Å². The summed E-state index contributed by atoms with van der Waals surface area (Å²) in [6, 6.07) is 6.12. The summed E-state index contributed by atoms with van der Waals surface area (Å²) in [6.45, 7) is 6.99. The van der Waals surface area contributed by atoms with Crippen LogP contribution in [0.1, 0.15) is 57.6 Å². The zero-order valence-corrected chi connectivity index (χ0v) is 15.4. The lowest BCUT2D eigenvalue weighted by molar-refractivity contribution is -0.141. The van der Waals surface area contributed by atoms with Crippen LogP contribution >= 0.6 is 0 Å². The molecule has 0 bridgehead atoms. The Morgan fingerprint density at radius 2 is 1.71 bits per heavy atom. The van der Waals surface area contributed by atoms with Crippen LogP contribution in [0.25, 0.3) is 0 Å². The highest BCUT2D eigenvalue weighted by Gasteiger charge is 2.57. The predicted octanol–water partition coefficient (Wildman–Crippen LogP) is 3.79. The number of hydrogen-bond acceptors (Lipinski definition) is 2. The molecule has 4 heteroatoms. The van der Waals surface area contributed by atoms with Crippen LogP contribution in [-0.2, 0) is 22.4 Å². The van der Waals surface area contributed by atoms with Gasteiger partial charge >= 0.3 is 0 Å². The van der Waals surface area contributed by atoms with Crippen molar-refractivity contribution in [1.82, 2.24) is 4.90 Å². The van der Waals surface area contributed by atoms with Gasteiger partial charge in [0.05, 0.1) is 0 Å². The Morgan fingerprint density at radius 1 is 1.12 bits per heavy atom. The summed E-state index contributed by atoms with van der Waals surface area (Å²) in [5, 5.41) is 3.09. The van der Waals surface area contributed by atoms with Crippen LogP contribution in [0.2, 0.25) is 0 Å². The molecule has 2 rings (SSSR count). The summed E-state index contributed by atoms with van der Waals surface area (Å²) < 4.78 is 0. The summed E-state index contributed by atoms with van der Waals surface area (Å²) in [5.41, 5.74) is 2.33. The molecule has 1 fully saturated rings. The van der Waals surface area contributed by atoms with Crippen LogP contribution < -0.4 is 5.32 Å². The minimum Gasteiger partial charge on any atom is -0.345 e. The molecule has 1 aliphatic carbocycles. The number of aryl methyl sites for hydroxylation is 2. The molecule has 1 N–H and O–H groups in total. The Labute approximate surface area is 145 Å². The van der Waals surface area contributed by atoms with Crippen molar-refractivity contribution in [3.05, 3.63) is 29.3 Å². The van der Waals surface area contributed by atoms with E-state index in [0.717, 1.165) is 49.0 Å². The summed E-state index contributed by atoms with van der Waals surface area (Å²) in [4.78, 5) is 27.4. The summed E-state index contributed by atoms with van der Waals surface area (Å²) >= 11 is 0. The highest BCUT2D eigenvalue weighted by Crippen LogP contribution is 2.48. The van der Waals surface area contributed by atoms with E-state index in [4.69, 9.17) is 0 Å². The van der Waals surface area contributed by atoms with Crippen molar-refractivity contribution in [2.75, 3.05) is 18.9 Å². The second-order valence-electron chi connectivity index (χ2n) is 6.77. The van der Waals surface area contributed by atoms with Gasteiger partial charge in [-0.3, -0.25) is 9.59 Å². The molecule has 0 atom stereocenters. The Morgan fingerprint density at radius 3 is 2.17 bits per heavy atom. The fourth-order valence-electron chi connectivity index (χ4n) is 3.16. The smallest absolute Gasteiger partial charge is 0.240 e. The van der Waals surface area contributed by atoms with E-state index >= 15 is 0 Å². The largest absolute Gasteiger partial charge is 0.345 e. The van der Waals surface area contributed by atoms with Crippen LogP contribution in [0.5, 0.6) is 0 Å². The van der Waals surface area contributed by atoms with E-state index in [2.05, 4.69) is 26.1 Å². The van der Waals surface area contributed by atoms with E-state index in [1.807, 2.05) is 25.2 Å². The Bertz CT molecular complexity index is 583. The molecule has 0 aromatic heterocycles. The van der Waals surface area contributed by atoms with Crippen LogP contribution in [-0.4, -0.2) is 30.3 Å². The fourth-order valence-corrected chi connectivity index (χ4v) is 3.16. The normalized spacial score (nSPS) is 15.0. The van der Waals surface area contributed by atoms with Gasteiger partial charge in [-0.25, -0.2) is 0 Å². The number of anilines is 1. The highest BCUT2D eigenvalue weighted by molar-refractivity contribution is 6.13. The minimum atomic E-state index is -0.839. The maximum Gasteiger partial charge on any atom is 0.240 e. The first-order valence-electron chi connectivity index (χ1n) is 9.17. The number of amides is 2. The fraction of sp³-hybridized carbons (Fsp3) is 0.600. The van der Waals surface area contributed by atoms with Crippen molar-refractivity contribution in [1.29, 1.82) is 0 Å². The average molecular weight is 330 g/mol. The van der Waals surface area contributed by atoms with Gasteiger partial charge < -0.3 is 10.2 Å². The molecule has 0 saturated heterocycles. The third kappa shape index (κ3) is 3.63. The predicted molar refractivity (Wildman–Crippen MR) is 98.0 cm³/mol. The Kier molecular flexibility index (Phi) is 6.03. The number of carbonyl (C=O) groups excluding carboxylic acids is 2. The van der Waals surface area contributed by atoms with Crippen LogP contribution in [0.3, 0.4) is 0 Å². The first-order valence-corrected chi connectivity index (χ1v) is 9.17. The molecule has 1 saturated carbocycles. The molecule has 0 radical (unpaired) electrons. The quantitative estimate of drug-likeness (QED) is 0.737. The number of rotatable bonds is 8. The van der Waals surface area contributed by atoms with Crippen LogP contribution in [0.4, 0.5) is 5.69 Å². The van der Waals surface area contributed by atoms with Crippen molar-refractivity contribution in [3.8, 4) is 0 Å². The number of nitrogens with one attached hydrogen (secondary N) is 1. The van der Waals surface area contributed by atoms with Crippen molar-refractivity contribution < 1.29 is 9.59 Å². The van der Waals surface area contributed by atoms with Gasteiger partial charge in [0, 0.05) is 19.3 Å². The van der Waals surface area contributed by atoms with E-state index in [1.165, 1.54) is 0 Å². The van der Waals surface area contributed by atoms with E-state index in [-0.39, 0.29) is 11.8 Å². The number of benzene rings is 1. The topological polar surface area (TPSA) is 49.4 Å². The number of carbonyl (C=O) groups is 2. The second-order valence-corrected chi connectivity index (χ2v) is 6.77. The maximum absolute atomic E-state index is 12.9. The van der Waals surface area contributed by atoms with E-state index in [0.29, 0.717) is 12.8 Å². The molecule has 132 valence electrons. The van der Waals surface area contributed by atoms with Crippen LogP contribution in [0.15, 0.2) is 18.2 Å². The number of para-hydroxylation sites is 1. The zero-order chi connectivity index (χ0) is 17.7. The molecule has 0 unspecified atom stereocenters. The summed E-state index contributed by atoms with van der Waals surface area (Å²) in [5.74, 6) is -0.160. The van der Waals surface area contributed by atoms with E-state index in [9.17, 15) is 9.59 Å². The van der Waals surface area contributed by atoms with Gasteiger partial charge in [0.2, 0.25) is 11.8 Å². The van der Waals surface area contributed by atoms with Crippen molar-refractivity contribution in [3.63, 3.8) is 0 Å². The molecular formula is C20H30N2O2. The molecule has 4 nitrogen and oxygen atoms in total. The van der Waals surface area contributed by atoms with Gasteiger partial charge in [-0.1, -0.05) is 45.4 Å². The monoisotopic (exact) mass is 330 g/mol. The van der Waals surface area contributed by atoms with Gasteiger partial charge in [-0.2, -0.15) is 0 Å². The number of hydrogen-bond donors (Lipinski definition) is 1. The minimum absolute atomic E-state index is 0.0273. The van der Waals surface area contributed by atoms with Crippen molar-refractivity contribution >= 4 is 17.5 Å². The number of unbranched alkanes of at least 4 members (excludes halogenated alkanes) is 1. The van der Waals surface area contributed by atoms with Crippen molar-refractivity contribution in [2.45, 2.75) is 59.3 Å². The van der Waals surface area contributed by atoms with Gasteiger partial charge in [0.15, 0.2) is 0 Å². The van der Waals surface area contributed by atoms with Gasteiger partial charge in [-0.05, 0) is 43.2 Å². The lowest BCUT2D eigenvalue weighted by Gasteiger charge is -2.24. The van der Waals surface area contributed by atoms with Gasteiger partial charge in [-0.15, -0.1) is 0 Å². The number of nitrogens with zero attached hydrogens (tertiary/aromatic N) is 1. The summed E-state index contributed by atoms with van der Waals surface area (Å²) in [6.07, 6.45) is 5.05. The SMILES string of the molecule is CCCCN(C)C(=O)C1(C(=O)Nc2c(CC)cccc2CC)CC1. The highest BCUT2D eigenvalue weighted by atomic mass is 16.2. The third-order valence-electron chi connectivity index (χ3n) is 5.03. The van der Waals surface area contributed by atoms with Crippen molar-refractivity contribution in [2.24, 2.45) is 5.41 Å². The lowest BCUT2D eigenvalue weighted by atomic mass is 10.00. The Hall–Kier alpha value is -1.84. The van der Waals surface area contributed by atoms with Gasteiger partial charge in [0.25, 0.3) is 0 Å². The maximum atomic E-state index is 12.9. The second kappa shape index (κ2) is 7.82. The lowest BCUT2D eigenvalue weighted by Crippen LogP contribution is -2.41. The third-order valence-corrected chi connectivity index (χ3v) is 5.03. The molecule has 1 aromatic carbocycles. The van der Waals surface area contributed by atoms with Crippen LogP contribution in [0, 0.1) is 5.41 Å². The first kappa shape index (κ1) is 18.5. The molecule has 0 heterocycles. The average Bonchev–Trinajstić information content (AvgIpc) is 3.40. The van der Waals surface area contributed by atoms with E-state index < -0.39 is 5.41 Å². The standard InChI is InChI=1S/C20H30N2O2/c1-5-8-14-22(4)19(24)20(12-13-20)18(23)21-17-15(6-2)10-9-11-16(17)7-3/h9-11H,5-8,12-14H2,1-4H3,(H,21,23). The zero-order valence-electron chi connectivity index (χ0n) is 15.4.